The number of aromatic amines is 1. The largest absolute Gasteiger partial charge is 0.462 e. The smallest absolute Gasteiger partial charge is 0.341 e. The first kappa shape index (κ1) is 23.6. The number of rotatable bonds is 8. The Labute approximate surface area is 211 Å². The first-order valence-electron chi connectivity index (χ1n) is 11.8. The Morgan fingerprint density at radius 3 is 2.86 bits per heavy atom. The number of ether oxygens (including phenoxy) is 1. The maximum absolute atomic E-state index is 12.9. The zero-order chi connectivity index (χ0) is 24.4. The first-order chi connectivity index (χ1) is 17.1. The van der Waals surface area contributed by atoms with E-state index in [4.69, 9.17) is 4.74 Å². The highest BCUT2D eigenvalue weighted by Gasteiger charge is 2.27. The summed E-state index contributed by atoms with van der Waals surface area (Å²) in [6, 6.07) is 8.07. The third-order valence-corrected chi connectivity index (χ3v) is 8.27. The van der Waals surface area contributed by atoms with Gasteiger partial charge in [0.1, 0.15) is 5.00 Å². The number of aryl methyl sites for hydroxylation is 1. The van der Waals surface area contributed by atoms with E-state index in [9.17, 15) is 9.59 Å². The average Bonchev–Trinajstić information content (AvgIpc) is 3.56. The Hall–Kier alpha value is -3.11. The van der Waals surface area contributed by atoms with Gasteiger partial charge in [-0.15, -0.1) is 21.5 Å². The summed E-state index contributed by atoms with van der Waals surface area (Å²) >= 11 is 2.84. The number of carbonyl (C=O) groups excluding carboxylic acids is 2. The Kier molecular flexibility index (Phi) is 6.92. The van der Waals surface area contributed by atoms with Gasteiger partial charge >= 0.3 is 5.97 Å². The van der Waals surface area contributed by atoms with Crippen LogP contribution in [0.15, 0.2) is 35.6 Å². The van der Waals surface area contributed by atoms with Gasteiger partial charge in [0, 0.05) is 34.1 Å². The molecule has 10 heteroatoms. The minimum absolute atomic E-state index is 0.164. The minimum Gasteiger partial charge on any atom is -0.462 e. The molecule has 0 fully saturated rings. The van der Waals surface area contributed by atoms with Crippen LogP contribution in [0.25, 0.3) is 22.3 Å². The average molecular weight is 510 g/mol. The molecule has 0 unspecified atom stereocenters. The number of nitrogens with zero attached hydrogens (tertiary/aromatic N) is 3. The van der Waals surface area contributed by atoms with Gasteiger partial charge in [-0.1, -0.05) is 30.0 Å². The number of para-hydroxylation sites is 1. The van der Waals surface area contributed by atoms with Gasteiger partial charge in [0.15, 0.2) is 11.0 Å². The Bertz CT molecular complexity index is 1390. The number of H-pyrrole nitrogens is 1. The van der Waals surface area contributed by atoms with Crippen LogP contribution in [0.4, 0.5) is 5.00 Å². The molecule has 0 spiro atoms. The second-order valence-corrected chi connectivity index (χ2v) is 10.3. The summed E-state index contributed by atoms with van der Waals surface area (Å²) < 4.78 is 7.31. The van der Waals surface area contributed by atoms with Gasteiger partial charge in [0.25, 0.3) is 0 Å². The van der Waals surface area contributed by atoms with Crippen LogP contribution >= 0.6 is 23.1 Å². The van der Waals surface area contributed by atoms with Gasteiger partial charge < -0.3 is 19.6 Å². The second kappa shape index (κ2) is 10.2. The van der Waals surface area contributed by atoms with E-state index < -0.39 is 0 Å². The quantitative estimate of drug-likeness (QED) is 0.247. The molecule has 1 aromatic carbocycles. The number of hydrogen-bond donors (Lipinski definition) is 2. The van der Waals surface area contributed by atoms with Crippen LogP contribution < -0.4 is 5.32 Å². The molecule has 182 valence electrons. The first-order valence-corrected chi connectivity index (χ1v) is 13.6. The van der Waals surface area contributed by atoms with Crippen molar-refractivity contribution >= 4 is 50.9 Å². The topological polar surface area (TPSA) is 102 Å². The maximum Gasteiger partial charge on any atom is 0.341 e. The van der Waals surface area contributed by atoms with Gasteiger partial charge in [-0.2, -0.15) is 0 Å². The van der Waals surface area contributed by atoms with Crippen LogP contribution in [-0.2, 0) is 28.9 Å². The third kappa shape index (κ3) is 4.60. The number of carbonyl (C=O) groups is 2. The summed E-state index contributed by atoms with van der Waals surface area (Å²) in [4.78, 5) is 30.0. The molecule has 1 amide bonds. The summed E-state index contributed by atoms with van der Waals surface area (Å²) in [5.74, 6) is 0.391. The lowest BCUT2D eigenvalue weighted by Crippen LogP contribution is -2.17. The Morgan fingerprint density at radius 1 is 1.20 bits per heavy atom. The molecule has 35 heavy (non-hydrogen) atoms. The van der Waals surface area contributed by atoms with E-state index in [1.165, 1.54) is 28.0 Å². The van der Waals surface area contributed by atoms with Crippen molar-refractivity contribution in [3.8, 4) is 11.4 Å². The van der Waals surface area contributed by atoms with E-state index in [0.29, 0.717) is 28.9 Å². The van der Waals surface area contributed by atoms with Crippen molar-refractivity contribution in [3.63, 3.8) is 0 Å². The lowest BCUT2D eigenvalue weighted by atomic mass is 9.95. The number of benzene rings is 1. The van der Waals surface area contributed by atoms with Crippen molar-refractivity contribution in [1.29, 1.82) is 0 Å². The van der Waals surface area contributed by atoms with E-state index in [-0.39, 0.29) is 17.6 Å². The van der Waals surface area contributed by atoms with E-state index in [2.05, 4.69) is 26.6 Å². The molecule has 3 aromatic heterocycles. The molecule has 2 N–H and O–H groups in total. The van der Waals surface area contributed by atoms with Crippen LogP contribution in [0.1, 0.15) is 47.5 Å². The normalized spacial score (nSPS) is 13.1. The van der Waals surface area contributed by atoms with Crippen molar-refractivity contribution in [2.75, 3.05) is 17.7 Å². The van der Waals surface area contributed by atoms with Gasteiger partial charge in [-0.3, -0.25) is 4.79 Å². The Morgan fingerprint density at radius 2 is 2.03 bits per heavy atom. The lowest BCUT2D eigenvalue weighted by Gasteiger charge is -2.12. The molecule has 0 radical (unpaired) electrons. The van der Waals surface area contributed by atoms with Crippen LogP contribution in [0, 0.1) is 0 Å². The van der Waals surface area contributed by atoms with E-state index in [1.54, 1.807) is 6.92 Å². The molecule has 0 saturated carbocycles. The summed E-state index contributed by atoms with van der Waals surface area (Å²) in [7, 11) is 0. The van der Waals surface area contributed by atoms with Crippen LogP contribution in [0.3, 0.4) is 0 Å². The molecule has 0 saturated heterocycles. The third-order valence-electron chi connectivity index (χ3n) is 6.10. The fourth-order valence-electron chi connectivity index (χ4n) is 4.50. The molecule has 3 heterocycles. The number of hydrogen-bond acceptors (Lipinski definition) is 7. The van der Waals surface area contributed by atoms with E-state index in [1.807, 2.05) is 35.9 Å². The van der Waals surface area contributed by atoms with Gasteiger partial charge in [-0.25, -0.2) is 4.79 Å². The number of nitrogens with one attached hydrogen (secondary N) is 2. The summed E-state index contributed by atoms with van der Waals surface area (Å²) in [5.41, 5.74) is 3.59. The number of esters is 1. The molecular weight excluding hydrogens is 482 g/mol. The van der Waals surface area contributed by atoms with Crippen molar-refractivity contribution in [1.82, 2.24) is 19.7 Å². The standard InChI is InChI=1S/C25H27N5O3S2/c1-3-30-22(17-13-26-18-11-7-5-9-15(17)18)28-29-25(30)34-14-20(31)27-23-21(24(32)33-4-2)16-10-6-8-12-19(16)35-23/h5,7,9,11,13,26H,3-4,6,8,10,12,14H2,1-2H3,(H,27,31). The predicted octanol–water partition coefficient (Wildman–Crippen LogP) is 5.29. The number of thioether (sulfide) groups is 1. The molecule has 1 aliphatic rings. The molecule has 5 rings (SSSR count). The van der Waals surface area contributed by atoms with E-state index >= 15 is 0 Å². The fraction of sp³-hybridized carbons (Fsp3) is 0.360. The number of anilines is 1. The number of amides is 1. The van der Waals surface area contributed by atoms with Crippen molar-refractivity contribution in [2.45, 2.75) is 51.2 Å². The Balaban J connectivity index is 1.33. The molecule has 8 nitrogen and oxygen atoms in total. The molecule has 0 bridgehead atoms. The van der Waals surface area contributed by atoms with Crippen molar-refractivity contribution < 1.29 is 14.3 Å². The zero-order valence-electron chi connectivity index (χ0n) is 19.7. The maximum atomic E-state index is 12.9. The molecule has 1 aliphatic carbocycles. The molecule has 0 atom stereocenters. The number of thiophene rings is 1. The van der Waals surface area contributed by atoms with E-state index in [0.717, 1.165) is 53.5 Å². The van der Waals surface area contributed by atoms with Crippen LogP contribution in [0.2, 0.25) is 0 Å². The summed E-state index contributed by atoms with van der Waals surface area (Å²) in [6.07, 6.45) is 5.88. The highest BCUT2D eigenvalue weighted by Crippen LogP contribution is 2.39. The number of aromatic nitrogens is 4. The highest BCUT2D eigenvalue weighted by atomic mass is 32.2. The molecular formula is C25H27N5O3S2. The zero-order valence-corrected chi connectivity index (χ0v) is 21.4. The number of fused-ring (bicyclic) bond motifs is 2. The molecule has 4 aromatic rings. The van der Waals surface area contributed by atoms with Crippen LogP contribution in [-0.4, -0.2) is 44.0 Å². The van der Waals surface area contributed by atoms with Gasteiger partial charge in [0.2, 0.25) is 5.91 Å². The molecule has 0 aliphatic heterocycles. The SMILES string of the molecule is CCOC(=O)c1c(NC(=O)CSc2nnc(-c3c[nH]c4ccccc34)n2CC)sc2c1CCCC2. The monoisotopic (exact) mass is 509 g/mol. The van der Waals surface area contributed by atoms with Gasteiger partial charge in [0.05, 0.1) is 17.9 Å². The van der Waals surface area contributed by atoms with Crippen LogP contribution in [0.5, 0.6) is 0 Å². The second-order valence-electron chi connectivity index (χ2n) is 8.27. The minimum atomic E-state index is -0.357. The fourth-order valence-corrected chi connectivity index (χ4v) is 6.60. The van der Waals surface area contributed by atoms with Gasteiger partial charge in [-0.05, 0) is 51.2 Å². The van der Waals surface area contributed by atoms with Crippen molar-refractivity contribution in [2.24, 2.45) is 0 Å². The predicted molar refractivity (Wildman–Crippen MR) is 139 cm³/mol. The highest BCUT2D eigenvalue weighted by molar-refractivity contribution is 7.99. The summed E-state index contributed by atoms with van der Waals surface area (Å²) in [5, 5.41) is 14.1. The summed E-state index contributed by atoms with van der Waals surface area (Å²) in [6.45, 7) is 4.81. The van der Waals surface area contributed by atoms with Crippen molar-refractivity contribution in [3.05, 3.63) is 46.5 Å². The lowest BCUT2D eigenvalue weighted by molar-refractivity contribution is -0.113.